The van der Waals surface area contributed by atoms with Crippen molar-refractivity contribution in [1.82, 2.24) is 20.3 Å². The van der Waals surface area contributed by atoms with Gasteiger partial charge in [0.25, 0.3) is 0 Å². The number of carboxylic acids is 1. The molecule has 30 heavy (non-hydrogen) atoms. The fourth-order valence-corrected chi connectivity index (χ4v) is 2.79. The Bertz CT molecular complexity index is 879. The van der Waals surface area contributed by atoms with Crippen LogP contribution in [0.2, 0.25) is 0 Å². The smallest absolute Gasteiger partial charge is 0.407 e. The number of nitrogens with one attached hydrogen (secondary N) is 2. The minimum absolute atomic E-state index is 0.0604. The highest BCUT2D eigenvalue weighted by Crippen LogP contribution is 2.09. The molecule has 0 aliphatic carbocycles. The second-order valence-corrected chi connectivity index (χ2v) is 6.60. The summed E-state index contributed by atoms with van der Waals surface area (Å²) in [5.74, 6) is -0.805. The van der Waals surface area contributed by atoms with Gasteiger partial charge in [-0.3, -0.25) is 9.98 Å². The molecule has 9 N–H and O–H groups in total. The van der Waals surface area contributed by atoms with Crippen LogP contribution in [0.4, 0.5) is 10.6 Å². The van der Waals surface area contributed by atoms with Crippen LogP contribution in [-0.4, -0.2) is 57.3 Å². The maximum absolute atomic E-state index is 11.8. The number of aromatic amines is 1. The Morgan fingerprint density at radius 3 is 2.80 bits per heavy atom. The number of carbonyl (C=O) groups excluding carboxylic acids is 1. The van der Waals surface area contributed by atoms with E-state index in [1.165, 1.54) is 6.33 Å². The molecule has 0 saturated carbocycles. The molecule has 0 aromatic carbocycles. The Kier molecular flexibility index (Phi) is 8.59. The van der Waals surface area contributed by atoms with Gasteiger partial charge in [-0.2, -0.15) is 4.98 Å². The topological polar surface area (TPSA) is 211 Å². The van der Waals surface area contributed by atoms with Crippen LogP contribution in [-0.2, 0) is 16.1 Å². The summed E-state index contributed by atoms with van der Waals surface area (Å²) < 4.78 is 7.00. The van der Waals surface area contributed by atoms with Gasteiger partial charge in [0, 0.05) is 6.54 Å². The van der Waals surface area contributed by atoms with E-state index in [0.29, 0.717) is 24.2 Å². The summed E-state index contributed by atoms with van der Waals surface area (Å²) in [6.45, 7) is 1.20. The molecule has 13 nitrogen and oxygen atoms in total. The Morgan fingerprint density at radius 2 is 2.07 bits per heavy atom. The largest absolute Gasteiger partial charge is 0.480 e. The van der Waals surface area contributed by atoms with Crippen LogP contribution in [0.5, 0.6) is 0 Å². The molecule has 1 amide bonds. The summed E-state index contributed by atoms with van der Waals surface area (Å²) in [5.41, 5.74) is 17.6. The molecule has 0 aliphatic rings. The first-order valence-electron chi connectivity index (χ1n) is 9.57. The van der Waals surface area contributed by atoms with E-state index in [1.54, 1.807) is 6.33 Å². The second-order valence-electron chi connectivity index (χ2n) is 6.60. The van der Waals surface area contributed by atoms with Crippen LogP contribution in [0.25, 0.3) is 11.2 Å². The fourth-order valence-electron chi connectivity index (χ4n) is 2.79. The SMILES string of the molecule is NC(N)=NCCC[C@H](NC(=O)OCCCCC[n+]1c[nH]c2c(N)ncnc21)C(=O)O. The molecule has 164 valence electrons. The quantitative estimate of drug-likeness (QED) is 0.109. The monoisotopic (exact) mass is 422 g/mol. The van der Waals surface area contributed by atoms with Crippen molar-refractivity contribution in [3.8, 4) is 0 Å². The first kappa shape index (κ1) is 22.6. The maximum atomic E-state index is 11.8. The number of nitrogens with two attached hydrogens (primary N) is 3. The number of nitrogens with zero attached hydrogens (tertiary/aromatic N) is 4. The lowest BCUT2D eigenvalue weighted by Crippen LogP contribution is -2.41. The number of fused-ring (bicyclic) bond motifs is 1. The van der Waals surface area contributed by atoms with Crippen molar-refractivity contribution in [2.75, 3.05) is 18.9 Å². The highest BCUT2D eigenvalue weighted by Gasteiger charge is 2.20. The van der Waals surface area contributed by atoms with E-state index in [1.807, 2.05) is 4.57 Å². The number of unbranched alkanes of at least 4 members (excludes halogenated alkanes) is 2. The Morgan fingerprint density at radius 1 is 1.27 bits per heavy atom. The van der Waals surface area contributed by atoms with Crippen LogP contribution >= 0.6 is 0 Å². The molecule has 2 rings (SSSR count). The molecule has 1 atom stereocenters. The molecular formula is C17H28N9O4+. The predicted molar refractivity (Wildman–Crippen MR) is 108 cm³/mol. The van der Waals surface area contributed by atoms with E-state index in [4.69, 9.17) is 21.9 Å². The van der Waals surface area contributed by atoms with Gasteiger partial charge in [-0.25, -0.2) is 14.2 Å². The summed E-state index contributed by atoms with van der Waals surface area (Å²) in [6.07, 6.45) is 5.36. The van der Waals surface area contributed by atoms with E-state index in [-0.39, 0.29) is 25.5 Å². The molecule has 2 aromatic rings. The number of guanidine groups is 1. The van der Waals surface area contributed by atoms with Gasteiger partial charge in [-0.05, 0) is 32.1 Å². The molecular weight excluding hydrogens is 394 g/mol. The number of aryl methyl sites for hydroxylation is 1. The number of anilines is 1. The number of ether oxygens (including phenoxy) is 1. The number of carboxylic acid groups (broad SMARTS) is 1. The third kappa shape index (κ3) is 7.07. The molecule has 0 unspecified atom stereocenters. The molecule has 13 heteroatoms. The van der Waals surface area contributed by atoms with Gasteiger partial charge >= 0.3 is 17.7 Å². The number of hydrogen-bond donors (Lipinski definition) is 6. The van der Waals surface area contributed by atoms with Crippen molar-refractivity contribution in [3.63, 3.8) is 0 Å². The summed E-state index contributed by atoms with van der Waals surface area (Å²) in [5, 5.41) is 11.5. The van der Waals surface area contributed by atoms with Crippen LogP contribution in [0.15, 0.2) is 17.6 Å². The molecule has 0 saturated heterocycles. The summed E-state index contributed by atoms with van der Waals surface area (Å²) >= 11 is 0. The third-order valence-electron chi connectivity index (χ3n) is 4.31. The first-order valence-corrected chi connectivity index (χ1v) is 9.57. The van der Waals surface area contributed by atoms with Crippen molar-refractivity contribution in [3.05, 3.63) is 12.7 Å². The van der Waals surface area contributed by atoms with Crippen LogP contribution in [0.3, 0.4) is 0 Å². The first-order chi connectivity index (χ1) is 14.4. The molecule has 2 aromatic heterocycles. The lowest BCUT2D eigenvalue weighted by atomic mass is 10.1. The average Bonchev–Trinajstić information content (AvgIpc) is 3.11. The molecule has 0 spiro atoms. The van der Waals surface area contributed by atoms with Crippen LogP contribution in [0.1, 0.15) is 32.1 Å². The number of rotatable bonds is 12. The number of aliphatic imine (C=N–C) groups is 1. The minimum atomic E-state index is -1.14. The number of hydrogen-bond acceptors (Lipinski definition) is 7. The molecule has 2 heterocycles. The number of alkyl carbamates (subject to hydrolysis) is 1. The number of amides is 1. The second kappa shape index (κ2) is 11.4. The average molecular weight is 422 g/mol. The number of imidazole rings is 1. The highest BCUT2D eigenvalue weighted by molar-refractivity contribution is 5.80. The Hall–Kier alpha value is -3.64. The predicted octanol–water partition coefficient (Wildman–Crippen LogP) is -0.769. The molecule has 0 aliphatic heterocycles. The van der Waals surface area contributed by atoms with Crippen molar-refractivity contribution in [1.29, 1.82) is 0 Å². The van der Waals surface area contributed by atoms with Gasteiger partial charge in [0.2, 0.25) is 5.52 Å². The number of carbonyl (C=O) groups is 2. The summed E-state index contributed by atoms with van der Waals surface area (Å²) in [4.78, 5) is 38.0. The Balaban J connectivity index is 1.63. The molecule has 0 fully saturated rings. The zero-order chi connectivity index (χ0) is 21.9. The summed E-state index contributed by atoms with van der Waals surface area (Å²) in [6, 6.07) is -1.06. The fraction of sp³-hybridized carbons (Fsp3) is 0.529. The zero-order valence-electron chi connectivity index (χ0n) is 16.6. The van der Waals surface area contributed by atoms with Crippen molar-refractivity contribution >= 4 is 35.0 Å². The van der Waals surface area contributed by atoms with Crippen LogP contribution in [0, 0.1) is 0 Å². The third-order valence-corrected chi connectivity index (χ3v) is 4.31. The number of nitrogen functional groups attached to an aromatic ring is 1. The van der Waals surface area contributed by atoms with E-state index in [2.05, 4.69) is 25.3 Å². The molecule has 0 bridgehead atoms. The maximum Gasteiger partial charge on any atom is 0.407 e. The van der Waals surface area contributed by atoms with Crippen molar-refractivity contribution < 1.29 is 24.0 Å². The van der Waals surface area contributed by atoms with E-state index in [9.17, 15) is 14.7 Å². The normalized spacial score (nSPS) is 11.7. The van der Waals surface area contributed by atoms with Gasteiger partial charge in [0.05, 0.1) is 13.2 Å². The van der Waals surface area contributed by atoms with Crippen LogP contribution < -0.4 is 27.1 Å². The Labute approximate surface area is 172 Å². The van der Waals surface area contributed by atoms with E-state index in [0.717, 1.165) is 25.0 Å². The van der Waals surface area contributed by atoms with Crippen molar-refractivity contribution in [2.45, 2.75) is 44.7 Å². The van der Waals surface area contributed by atoms with Gasteiger partial charge in [0.1, 0.15) is 6.04 Å². The summed E-state index contributed by atoms with van der Waals surface area (Å²) in [7, 11) is 0. The number of H-pyrrole nitrogens is 1. The van der Waals surface area contributed by atoms with E-state index < -0.39 is 18.1 Å². The lowest BCUT2D eigenvalue weighted by Gasteiger charge is -2.14. The lowest BCUT2D eigenvalue weighted by molar-refractivity contribution is -0.673. The number of aromatic nitrogens is 4. The van der Waals surface area contributed by atoms with Crippen molar-refractivity contribution in [2.24, 2.45) is 16.5 Å². The standard InChI is InChI=1S/C17H27N9O4/c18-13-12-14(23-9-22-13)26(10-24-12)7-2-1-3-8-30-17(29)25-11(15(27)28)5-4-6-21-16(19)20/h9-11H,1-8H2,(H8,18,19,20,21,22,23,25,27,28,29)/p+1/t11-/m0/s1. The highest BCUT2D eigenvalue weighted by atomic mass is 16.5. The van der Waals surface area contributed by atoms with Gasteiger partial charge in [0.15, 0.2) is 24.4 Å². The van der Waals surface area contributed by atoms with Gasteiger partial charge in [-0.1, -0.05) is 4.98 Å². The van der Waals surface area contributed by atoms with E-state index >= 15 is 0 Å². The van der Waals surface area contributed by atoms with Gasteiger partial charge in [-0.15, -0.1) is 0 Å². The number of aliphatic carboxylic acids is 1. The van der Waals surface area contributed by atoms with Gasteiger partial charge < -0.3 is 32.4 Å². The minimum Gasteiger partial charge on any atom is -0.480 e. The zero-order valence-corrected chi connectivity index (χ0v) is 16.6. The molecule has 0 radical (unpaired) electrons.